The Bertz CT molecular complexity index is 178. The van der Waals surface area contributed by atoms with Crippen LogP contribution in [0.1, 0.15) is 39.0 Å². The number of ketones is 1. The van der Waals surface area contributed by atoms with Gasteiger partial charge in [0.05, 0.1) is 0 Å². The van der Waals surface area contributed by atoms with Crippen LogP contribution in [0.3, 0.4) is 0 Å². The topological polar surface area (TPSA) is 26.3 Å². The predicted molar refractivity (Wildman–Crippen MR) is 50.6 cm³/mol. The molecule has 0 amide bonds. The maximum Gasteiger partial charge on any atom is 0.411 e. The minimum atomic E-state index is -4.24. The van der Waals surface area contributed by atoms with Gasteiger partial charge in [0.15, 0.2) is 0 Å². The van der Waals surface area contributed by atoms with Crippen LogP contribution in [0.25, 0.3) is 0 Å². The predicted octanol–water partition coefficient (Wildman–Crippen LogP) is 3.10. The number of carbonyl (C=O) groups is 1. The fraction of sp³-hybridized carbons (Fsp3) is 0.900. The fourth-order valence-electron chi connectivity index (χ4n) is 1.07. The summed E-state index contributed by atoms with van der Waals surface area (Å²) >= 11 is 0. The Balaban J connectivity index is 3.16. The second kappa shape index (κ2) is 7.68. The van der Waals surface area contributed by atoms with E-state index in [1.54, 1.807) is 6.92 Å². The molecule has 0 N–H and O–H groups in total. The maximum atomic E-state index is 11.6. The van der Waals surface area contributed by atoms with Gasteiger partial charge in [-0.2, -0.15) is 13.2 Å². The first-order chi connectivity index (χ1) is 6.95. The molecule has 0 heterocycles. The van der Waals surface area contributed by atoms with Crippen molar-refractivity contribution in [1.82, 2.24) is 0 Å². The van der Waals surface area contributed by atoms with Crippen molar-refractivity contribution in [2.45, 2.75) is 45.2 Å². The van der Waals surface area contributed by atoms with Crippen molar-refractivity contribution in [2.24, 2.45) is 0 Å². The second-order valence-corrected chi connectivity index (χ2v) is 3.37. The number of rotatable bonds is 8. The van der Waals surface area contributed by atoms with E-state index in [0.717, 1.165) is 12.8 Å². The van der Waals surface area contributed by atoms with Crippen LogP contribution in [0, 0.1) is 0 Å². The standard InChI is InChI=1S/C10H17F3O2/c1-2-9(14)6-4-3-5-7-15-8-10(11,12)13/h2-8H2,1H3. The van der Waals surface area contributed by atoms with Gasteiger partial charge in [-0.1, -0.05) is 13.3 Å². The number of hydrogen-bond acceptors (Lipinski definition) is 2. The summed E-state index contributed by atoms with van der Waals surface area (Å²) in [5, 5.41) is 0. The van der Waals surface area contributed by atoms with E-state index in [0.29, 0.717) is 19.3 Å². The average molecular weight is 226 g/mol. The fourth-order valence-corrected chi connectivity index (χ4v) is 1.07. The highest BCUT2D eigenvalue weighted by atomic mass is 19.4. The first-order valence-corrected chi connectivity index (χ1v) is 5.12. The van der Waals surface area contributed by atoms with Gasteiger partial charge in [0.1, 0.15) is 12.4 Å². The molecule has 5 heteroatoms. The Morgan fingerprint density at radius 3 is 2.40 bits per heavy atom. The summed E-state index contributed by atoms with van der Waals surface area (Å²) < 4.78 is 39.3. The first-order valence-electron chi connectivity index (χ1n) is 5.12. The quantitative estimate of drug-likeness (QED) is 0.594. The highest BCUT2D eigenvalue weighted by Gasteiger charge is 2.27. The summed E-state index contributed by atoms with van der Waals surface area (Å²) in [7, 11) is 0. The van der Waals surface area contributed by atoms with Crippen molar-refractivity contribution < 1.29 is 22.7 Å². The third-order valence-corrected chi connectivity index (χ3v) is 1.90. The molecule has 0 aromatic heterocycles. The summed E-state index contributed by atoms with van der Waals surface area (Å²) in [6.45, 7) is 0.732. The van der Waals surface area contributed by atoms with E-state index in [-0.39, 0.29) is 12.4 Å². The number of unbranched alkanes of at least 4 members (excludes halogenated alkanes) is 2. The van der Waals surface area contributed by atoms with Gasteiger partial charge in [-0.25, -0.2) is 0 Å². The van der Waals surface area contributed by atoms with Gasteiger partial charge >= 0.3 is 6.18 Å². The summed E-state index contributed by atoms with van der Waals surface area (Å²) in [4.78, 5) is 10.9. The SMILES string of the molecule is CCC(=O)CCCCCOCC(F)(F)F. The number of halogens is 3. The maximum absolute atomic E-state index is 11.6. The van der Waals surface area contributed by atoms with Gasteiger partial charge in [-0.05, 0) is 12.8 Å². The van der Waals surface area contributed by atoms with Crippen LogP contribution in [0.2, 0.25) is 0 Å². The van der Waals surface area contributed by atoms with Crippen LogP contribution >= 0.6 is 0 Å². The van der Waals surface area contributed by atoms with Gasteiger partial charge in [-0.15, -0.1) is 0 Å². The molecular formula is C10H17F3O2. The molecule has 0 aliphatic rings. The number of Topliss-reactive ketones (excluding diaryl/α,β-unsaturated/α-hetero) is 1. The largest absolute Gasteiger partial charge is 0.411 e. The van der Waals surface area contributed by atoms with E-state index in [9.17, 15) is 18.0 Å². The van der Waals surface area contributed by atoms with E-state index in [1.165, 1.54) is 0 Å². The summed E-state index contributed by atoms with van der Waals surface area (Å²) in [6.07, 6.45) is -1.13. The Morgan fingerprint density at radius 1 is 1.20 bits per heavy atom. The lowest BCUT2D eigenvalue weighted by atomic mass is 10.1. The molecule has 0 saturated carbocycles. The molecule has 0 atom stereocenters. The molecule has 0 bridgehead atoms. The van der Waals surface area contributed by atoms with Gasteiger partial charge in [-0.3, -0.25) is 4.79 Å². The van der Waals surface area contributed by atoms with E-state index >= 15 is 0 Å². The van der Waals surface area contributed by atoms with Gasteiger partial charge in [0.25, 0.3) is 0 Å². The molecule has 0 aliphatic carbocycles. The second-order valence-electron chi connectivity index (χ2n) is 3.37. The van der Waals surface area contributed by atoms with E-state index in [2.05, 4.69) is 4.74 Å². The lowest BCUT2D eigenvalue weighted by molar-refractivity contribution is -0.174. The summed E-state index contributed by atoms with van der Waals surface area (Å²) in [6, 6.07) is 0. The molecule has 0 saturated heterocycles. The highest BCUT2D eigenvalue weighted by molar-refractivity contribution is 5.77. The van der Waals surface area contributed by atoms with E-state index < -0.39 is 12.8 Å². The molecule has 0 fully saturated rings. The molecule has 0 rings (SSSR count). The van der Waals surface area contributed by atoms with Crippen LogP contribution in [0.5, 0.6) is 0 Å². The first kappa shape index (κ1) is 14.4. The normalized spacial score (nSPS) is 11.7. The number of ether oxygens (including phenoxy) is 1. The van der Waals surface area contributed by atoms with Gasteiger partial charge < -0.3 is 4.74 Å². The minimum Gasteiger partial charge on any atom is -0.372 e. The molecule has 90 valence electrons. The highest BCUT2D eigenvalue weighted by Crippen LogP contribution is 2.14. The van der Waals surface area contributed by atoms with Gasteiger partial charge in [0, 0.05) is 19.4 Å². The monoisotopic (exact) mass is 226 g/mol. The average Bonchev–Trinajstić information content (AvgIpc) is 2.14. The molecule has 0 radical (unpaired) electrons. The molecule has 0 spiro atoms. The van der Waals surface area contributed by atoms with Crippen molar-refractivity contribution in [1.29, 1.82) is 0 Å². The molecule has 15 heavy (non-hydrogen) atoms. The molecular weight excluding hydrogens is 209 g/mol. The molecule has 0 unspecified atom stereocenters. The molecule has 0 aliphatic heterocycles. The molecule has 0 aromatic rings. The lowest BCUT2D eigenvalue weighted by Gasteiger charge is -2.06. The van der Waals surface area contributed by atoms with Crippen LogP contribution in [0.15, 0.2) is 0 Å². The number of carbonyl (C=O) groups excluding carboxylic acids is 1. The van der Waals surface area contributed by atoms with E-state index in [1.807, 2.05) is 0 Å². The lowest BCUT2D eigenvalue weighted by Crippen LogP contribution is -2.17. The minimum absolute atomic E-state index is 0.111. The zero-order valence-electron chi connectivity index (χ0n) is 8.90. The van der Waals surface area contributed by atoms with Crippen molar-refractivity contribution in [2.75, 3.05) is 13.2 Å². The summed E-state index contributed by atoms with van der Waals surface area (Å²) in [5.41, 5.74) is 0. The van der Waals surface area contributed by atoms with Crippen molar-refractivity contribution in [3.63, 3.8) is 0 Å². The van der Waals surface area contributed by atoms with Crippen LogP contribution in [-0.2, 0) is 9.53 Å². The zero-order valence-corrected chi connectivity index (χ0v) is 8.90. The van der Waals surface area contributed by atoms with Crippen LogP contribution in [0.4, 0.5) is 13.2 Å². The number of hydrogen-bond donors (Lipinski definition) is 0. The third-order valence-electron chi connectivity index (χ3n) is 1.90. The zero-order chi connectivity index (χ0) is 11.7. The van der Waals surface area contributed by atoms with Crippen molar-refractivity contribution in [3.05, 3.63) is 0 Å². The van der Waals surface area contributed by atoms with Crippen molar-refractivity contribution >= 4 is 5.78 Å². The van der Waals surface area contributed by atoms with Crippen LogP contribution in [-0.4, -0.2) is 25.2 Å². The molecule has 2 nitrogen and oxygen atoms in total. The van der Waals surface area contributed by atoms with Gasteiger partial charge in [0.2, 0.25) is 0 Å². The Hall–Kier alpha value is -0.580. The smallest absolute Gasteiger partial charge is 0.372 e. The Morgan fingerprint density at radius 2 is 1.87 bits per heavy atom. The molecule has 0 aromatic carbocycles. The van der Waals surface area contributed by atoms with E-state index in [4.69, 9.17) is 0 Å². The number of alkyl halides is 3. The summed E-state index contributed by atoms with van der Waals surface area (Å²) in [5.74, 6) is 0.200. The van der Waals surface area contributed by atoms with Crippen molar-refractivity contribution in [3.8, 4) is 0 Å². The third kappa shape index (κ3) is 11.3. The Kier molecular flexibility index (Phi) is 7.38. The van der Waals surface area contributed by atoms with Crippen LogP contribution < -0.4 is 0 Å². The Labute approximate surface area is 87.8 Å².